The number of primary amides is 1. The van der Waals surface area contributed by atoms with E-state index in [0.29, 0.717) is 0 Å². The maximum atomic E-state index is 12.7. The van der Waals surface area contributed by atoms with Gasteiger partial charge in [0.2, 0.25) is 23.6 Å². The number of aliphatic carboxylic acids is 1. The number of carbonyl (C=O) groups excluding carboxylic acids is 4. The number of nitrogens with two attached hydrogens (primary N) is 2. The summed E-state index contributed by atoms with van der Waals surface area (Å²) in [6.45, 7) is 1.40. The summed E-state index contributed by atoms with van der Waals surface area (Å²) in [5.41, 5.74) is 11.4. The Morgan fingerprint density at radius 3 is 2.09 bits per heavy atom. The number of hydrogen-bond acceptors (Lipinski definition) is 7. The number of nitrogens with one attached hydrogen (secondary N) is 3. The predicted octanol–water partition coefficient (Wildman–Crippen LogP) is -1.69. The molecule has 0 spiro atoms. The lowest BCUT2D eigenvalue weighted by Gasteiger charge is -2.23. The second-order valence-electron chi connectivity index (χ2n) is 7.17. The monoisotopic (exact) mass is 467 g/mol. The van der Waals surface area contributed by atoms with Crippen LogP contribution in [0.5, 0.6) is 0 Å². The fraction of sp³-hybridized carbons (Fsp3) is 0.450. The molecule has 11 nitrogen and oxygen atoms in total. The lowest BCUT2D eigenvalue weighted by molar-refractivity contribution is -0.141. The third-order valence-electron chi connectivity index (χ3n) is 4.50. The zero-order chi connectivity index (χ0) is 24.3. The number of carboxylic acids is 1. The van der Waals surface area contributed by atoms with E-state index in [1.54, 1.807) is 30.3 Å². The largest absolute Gasteiger partial charge is 0.480 e. The Morgan fingerprint density at radius 1 is 0.969 bits per heavy atom. The highest BCUT2D eigenvalue weighted by molar-refractivity contribution is 7.80. The molecule has 0 fully saturated rings. The van der Waals surface area contributed by atoms with Crippen LogP contribution < -0.4 is 27.4 Å². The molecule has 0 aromatic heterocycles. The van der Waals surface area contributed by atoms with E-state index in [0.717, 1.165) is 5.56 Å². The Bertz CT molecular complexity index is 822. The third kappa shape index (κ3) is 9.35. The standard InChI is InChI=1S/C20H29N5O6S/c1-11(23-18(28)13(21)7-8-16(22)26)17(27)24-14(9-12-5-3-2-4-6-12)19(29)25-15(10-32)20(30)31/h2-6,11,13-15,32H,7-10,21H2,1H3,(H2,22,26)(H,23,28)(H,24,27)(H,25,29)(H,30,31). The molecule has 0 saturated carbocycles. The molecule has 0 aliphatic rings. The number of rotatable bonds is 13. The molecule has 0 aliphatic carbocycles. The van der Waals surface area contributed by atoms with Crippen LogP contribution in [0, 0.1) is 0 Å². The molecule has 0 bridgehead atoms. The maximum Gasteiger partial charge on any atom is 0.327 e. The van der Waals surface area contributed by atoms with Gasteiger partial charge in [0.1, 0.15) is 18.1 Å². The molecule has 0 heterocycles. The first-order chi connectivity index (χ1) is 15.0. The Morgan fingerprint density at radius 2 is 1.56 bits per heavy atom. The van der Waals surface area contributed by atoms with Gasteiger partial charge in [-0.05, 0) is 18.9 Å². The topological polar surface area (TPSA) is 194 Å². The van der Waals surface area contributed by atoms with Gasteiger partial charge in [-0.2, -0.15) is 12.6 Å². The summed E-state index contributed by atoms with van der Waals surface area (Å²) < 4.78 is 0. The van der Waals surface area contributed by atoms with Gasteiger partial charge >= 0.3 is 5.97 Å². The number of carboxylic acid groups (broad SMARTS) is 1. The van der Waals surface area contributed by atoms with Crippen molar-refractivity contribution in [2.75, 3.05) is 5.75 Å². The van der Waals surface area contributed by atoms with Gasteiger partial charge in [0.15, 0.2) is 0 Å². The Labute approximate surface area is 191 Å². The van der Waals surface area contributed by atoms with Crippen molar-refractivity contribution in [2.24, 2.45) is 11.5 Å². The number of amides is 4. The average molecular weight is 468 g/mol. The Balaban J connectivity index is 2.84. The number of thiol groups is 1. The van der Waals surface area contributed by atoms with Gasteiger partial charge in [0, 0.05) is 18.6 Å². The predicted molar refractivity (Wildman–Crippen MR) is 120 cm³/mol. The normalized spacial score (nSPS) is 14.3. The fourth-order valence-electron chi connectivity index (χ4n) is 2.63. The minimum atomic E-state index is -1.26. The molecular formula is C20H29N5O6S. The first-order valence-electron chi connectivity index (χ1n) is 9.87. The summed E-state index contributed by atoms with van der Waals surface area (Å²) in [6.07, 6.45) is 0.0370. The average Bonchev–Trinajstić information content (AvgIpc) is 2.75. The molecule has 0 saturated heterocycles. The van der Waals surface area contributed by atoms with E-state index in [4.69, 9.17) is 16.6 Å². The molecule has 4 atom stereocenters. The maximum absolute atomic E-state index is 12.7. The summed E-state index contributed by atoms with van der Waals surface area (Å²) in [5, 5.41) is 16.4. The second kappa shape index (κ2) is 13.3. The van der Waals surface area contributed by atoms with E-state index in [9.17, 15) is 24.0 Å². The minimum Gasteiger partial charge on any atom is -0.480 e. The van der Waals surface area contributed by atoms with Gasteiger partial charge in [0.05, 0.1) is 6.04 Å². The zero-order valence-electron chi connectivity index (χ0n) is 17.6. The highest BCUT2D eigenvalue weighted by atomic mass is 32.1. The van der Waals surface area contributed by atoms with Crippen LogP contribution >= 0.6 is 12.6 Å². The van der Waals surface area contributed by atoms with Crippen molar-refractivity contribution >= 4 is 42.2 Å². The summed E-state index contributed by atoms with van der Waals surface area (Å²) in [6, 6.07) is 4.40. The van der Waals surface area contributed by atoms with E-state index < -0.39 is 53.8 Å². The smallest absolute Gasteiger partial charge is 0.327 e. The number of carbonyl (C=O) groups is 5. The van der Waals surface area contributed by atoms with E-state index in [2.05, 4.69) is 28.6 Å². The quantitative estimate of drug-likeness (QED) is 0.168. The van der Waals surface area contributed by atoms with Gasteiger partial charge in [-0.25, -0.2) is 4.79 Å². The van der Waals surface area contributed by atoms with Crippen LogP contribution in [0.4, 0.5) is 0 Å². The SMILES string of the molecule is CC(NC(=O)C(N)CCC(N)=O)C(=O)NC(Cc1ccccc1)C(=O)NC(CS)C(=O)O. The van der Waals surface area contributed by atoms with Gasteiger partial charge in [-0.15, -0.1) is 0 Å². The molecule has 12 heteroatoms. The molecule has 0 aliphatic heterocycles. The van der Waals surface area contributed by atoms with Crippen LogP contribution in [-0.4, -0.2) is 64.6 Å². The molecule has 4 amide bonds. The van der Waals surface area contributed by atoms with Gasteiger partial charge < -0.3 is 32.5 Å². The van der Waals surface area contributed by atoms with Crippen LogP contribution in [-0.2, 0) is 30.4 Å². The van der Waals surface area contributed by atoms with Gasteiger partial charge in [-0.3, -0.25) is 19.2 Å². The van der Waals surface area contributed by atoms with Crippen molar-refractivity contribution in [3.63, 3.8) is 0 Å². The van der Waals surface area contributed by atoms with Crippen LogP contribution in [0.1, 0.15) is 25.3 Å². The lowest BCUT2D eigenvalue weighted by Crippen LogP contribution is -2.57. The second-order valence-corrected chi connectivity index (χ2v) is 7.54. The van der Waals surface area contributed by atoms with Crippen LogP contribution in [0.2, 0.25) is 0 Å². The molecule has 1 aromatic rings. The van der Waals surface area contributed by atoms with Crippen molar-refractivity contribution in [3.8, 4) is 0 Å². The Kier molecular flexibility index (Phi) is 11.2. The summed E-state index contributed by atoms with van der Waals surface area (Å²) in [7, 11) is 0. The van der Waals surface area contributed by atoms with E-state index >= 15 is 0 Å². The minimum absolute atomic E-state index is 0.0227. The summed E-state index contributed by atoms with van der Waals surface area (Å²) in [5.74, 6) is -4.03. The highest BCUT2D eigenvalue weighted by Gasteiger charge is 2.28. The molecule has 32 heavy (non-hydrogen) atoms. The molecule has 1 rings (SSSR count). The lowest BCUT2D eigenvalue weighted by atomic mass is 10.0. The van der Waals surface area contributed by atoms with Crippen molar-refractivity contribution in [3.05, 3.63) is 35.9 Å². The van der Waals surface area contributed by atoms with E-state index in [-0.39, 0.29) is 25.0 Å². The highest BCUT2D eigenvalue weighted by Crippen LogP contribution is 2.05. The molecular weight excluding hydrogens is 438 g/mol. The van der Waals surface area contributed by atoms with Gasteiger partial charge in [-0.1, -0.05) is 30.3 Å². The van der Waals surface area contributed by atoms with Gasteiger partial charge in [0.25, 0.3) is 0 Å². The van der Waals surface area contributed by atoms with Crippen LogP contribution in [0.25, 0.3) is 0 Å². The molecule has 0 radical (unpaired) electrons. The van der Waals surface area contributed by atoms with Crippen molar-refractivity contribution in [2.45, 2.75) is 50.4 Å². The van der Waals surface area contributed by atoms with Crippen molar-refractivity contribution in [1.29, 1.82) is 0 Å². The van der Waals surface area contributed by atoms with E-state index in [1.165, 1.54) is 6.92 Å². The molecule has 1 aromatic carbocycles. The first-order valence-corrected chi connectivity index (χ1v) is 10.5. The first kappa shape index (κ1) is 26.9. The molecule has 176 valence electrons. The summed E-state index contributed by atoms with van der Waals surface area (Å²) in [4.78, 5) is 59.5. The molecule has 4 unspecified atom stereocenters. The molecule has 8 N–H and O–H groups in total. The Hall–Kier alpha value is -3.12. The third-order valence-corrected chi connectivity index (χ3v) is 4.87. The van der Waals surface area contributed by atoms with Crippen molar-refractivity contribution in [1.82, 2.24) is 16.0 Å². The number of benzene rings is 1. The fourth-order valence-corrected chi connectivity index (χ4v) is 2.88. The number of hydrogen-bond donors (Lipinski definition) is 7. The van der Waals surface area contributed by atoms with E-state index in [1.807, 2.05) is 0 Å². The van der Waals surface area contributed by atoms with Crippen molar-refractivity contribution < 1.29 is 29.1 Å². The van der Waals surface area contributed by atoms with Crippen LogP contribution in [0.3, 0.4) is 0 Å². The zero-order valence-corrected chi connectivity index (χ0v) is 18.5. The van der Waals surface area contributed by atoms with Crippen LogP contribution in [0.15, 0.2) is 30.3 Å². The summed E-state index contributed by atoms with van der Waals surface area (Å²) >= 11 is 3.92.